The monoisotopic (exact) mass is 358 g/mol. The zero-order valence-corrected chi connectivity index (χ0v) is 13.6. The van der Waals surface area contributed by atoms with Gasteiger partial charge in [-0.15, -0.1) is 11.3 Å². The quantitative estimate of drug-likeness (QED) is 0.826. The van der Waals surface area contributed by atoms with Crippen molar-refractivity contribution in [2.24, 2.45) is 0 Å². The molecular weight excluding hydrogens is 345 g/mol. The number of nitrogens with zero attached hydrogens (tertiary/aromatic N) is 4. The van der Waals surface area contributed by atoms with Crippen molar-refractivity contribution in [2.75, 3.05) is 37.0 Å². The first-order valence-electron chi connectivity index (χ1n) is 6.91. The summed E-state index contributed by atoms with van der Waals surface area (Å²) in [6.45, 7) is 0.676. The van der Waals surface area contributed by atoms with Crippen LogP contribution in [0.5, 0.6) is 5.88 Å². The largest absolute Gasteiger partial charge is 0.481 e. The zero-order valence-electron chi connectivity index (χ0n) is 12.8. The number of likely N-dealkylation sites (N-methyl/N-ethyl adjacent to an activating group) is 1. The van der Waals surface area contributed by atoms with Gasteiger partial charge in [-0.2, -0.15) is 18.2 Å². The molecule has 10 heteroatoms. The van der Waals surface area contributed by atoms with Gasteiger partial charge in [0.1, 0.15) is 4.88 Å². The van der Waals surface area contributed by atoms with Crippen LogP contribution in [-0.2, 0) is 6.18 Å². The fourth-order valence-corrected chi connectivity index (χ4v) is 3.09. The van der Waals surface area contributed by atoms with E-state index < -0.39 is 22.7 Å². The fourth-order valence-electron chi connectivity index (χ4n) is 2.44. The molecule has 1 aliphatic rings. The molecule has 2 aromatic heterocycles. The highest BCUT2D eigenvalue weighted by molar-refractivity contribution is 7.10. The predicted octanol–water partition coefficient (Wildman–Crippen LogP) is 2.66. The molecule has 128 valence electrons. The highest BCUT2D eigenvalue weighted by Crippen LogP contribution is 2.37. The molecule has 0 aromatic carbocycles. The second-order valence-electron chi connectivity index (χ2n) is 5.10. The molecule has 0 aliphatic carbocycles. The van der Waals surface area contributed by atoms with Gasteiger partial charge in [0, 0.05) is 26.2 Å². The average Bonchev–Trinajstić information content (AvgIpc) is 3.04. The Kier molecular flexibility index (Phi) is 4.08. The smallest absolute Gasteiger partial charge is 0.427 e. The lowest BCUT2D eigenvalue weighted by atomic mass is 10.2. The van der Waals surface area contributed by atoms with E-state index in [-0.39, 0.29) is 6.54 Å². The van der Waals surface area contributed by atoms with Crippen molar-refractivity contribution in [1.82, 2.24) is 9.97 Å². The maximum atomic E-state index is 13.0. The van der Waals surface area contributed by atoms with E-state index in [0.717, 1.165) is 5.51 Å². The van der Waals surface area contributed by atoms with Crippen LogP contribution in [-0.4, -0.2) is 43.1 Å². The van der Waals surface area contributed by atoms with Crippen LogP contribution in [0.2, 0.25) is 0 Å². The van der Waals surface area contributed by atoms with Crippen molar-refractivity contribution in [3.8, 4) is 5.88 Å². The van der Waals surface area contributed by atoms with E-state index in [9.17, 15) is 18.0 Å². The van der Waals surface area contributed by atoms with Gasteiger partial charge in [0.25, 0.3) is 5.91 Å². The Morgan fingerprint density at radius 1 is 1.33 bits per heavy atom. The lowest BCUT2D eigenvalue weighted by Gasteiger charge is -2.34. The molecule has 0 fully saturated rings. The number of ether oxygens (including phenoxy) is 1. The van der Waals surface area contributed by atoms with Gasteiger partial charge in [-0.05, 0) is 6.07 Å². The summed E-state index contributed by atoms with van der Waals surface area (Å²) in [6.07, 6.45) is -4.61. The van der Waals surface area contributed by atoms with Crippen molar-refractivity contribution in [3.05, 3.63) is 28.2 Å². The van der Waals surface area contributed by atoms with Crippen LogP contribution in [0.4, 0.5) is 24.7 Å². The Morgan fingerprint density at radius 3 is 2.75 bits per heavy atom. The summed E-state index contributed by atoms with van der Waals surface area (Å²) in [5.74, 6) is 0.0437. The van der Waals surface area contributed by atoms with E-state index in [1.807, 2.05) is 4.90 Å². The second-order valence-corrected chi connectivity index (χ2v) is 5.96. The standard InChI is InChI=1S/C14H13F3N4O2S/c1-20-5-6-21(8-3-4-9(23-2)19-12(8)20)13(22)10-11(14(15,16)17)24-7-18-10/h3-4,7H,5-6H2,1-2H3. The molecule has 24 heavy (non-hydrogen) atoms. The van der Waals surface area contributed by atoms with Crippen LogP contribution in [0.3, 0.4) is 0 Å². The van der Waals surface area contributed by atoms with E-state index >= 15 is 0 Å². The van der Waals surface area contributed by atoms with Gasteiger partial charge >= 0.3 is 6.18 Å². The first kappa shape index (κ1) is 16.5. The number of halogens is 3. The number of rotatable bonds is 2. The molecule has 3 heterocycles. The minimum Gasteiger partial charge on any atom is -0.481 e. The summed E-state index contributed by atoms with van der Waals surface area (Å²) in [6, 6.07) is 3.17. The molecule has 0 atom stereocenters. The van der Waals surface area contributed by atoms with Gasteiger partial charge < -0.3 is 14.5 Å². The first-order chi connectivity index (χ1) is 11.3. The summed E-state index contributed by atoms with van der Waals surface area (Å²) < 4.78 is 44.1. The Morgan fingerprint density at radius 2 is 2.08 bits per heavy atom. The SMILES string of the molecule is COc1ccc2c(n1)N(C)CCN2C(=O)c1ncsc1C(F)(F)F. The normalized spacial score (nSPS) is 14.5. The van der Waals surface area contributed by atoms with Crippen molar-refractivity contribution in [1.29, 1.82) is 0 Å². The summed E-state index contributed by atoms with van der Waals surface area (Å²) in [4.78, 5) is 22.6. The molecule has 3 rings (SSSR count). The van der Waals surface area contributed by atoms with Gasteiger partial charge in [-0.25, -0.2) is 4.98 Å². The van der Waals surface area contributed by atoms with E-state index in [1.165, 1.54) is 12.0 Å². The van der Waals surface area contributed by atoms with Crippen molar-refractivity contribution >= 4 is 28.7 Å². The average molecular weight is 358 g/mol. The number of carbonyl (C=O) groups is 1. The van der Waals surface area contributed by atoms with Crippen molar-refractivity contribution in [2.45, 2.75) is 6.18 Å². The lowest BCUT2D eigenvalue weighted by molar-refractivity contribution is -0.134. The Labute approximate surface area is 139 Å². The topological polar surface area (TPSA) is 58.6 Å². The van der Waals surface area contributed by atoms with Gasteiger partial charge in [-0.1, -0.05) is 0 Å². The number of hydrogen-bond donors (Lipinski definition) is 0. The van der Waals surface area contributed by atoms with E-state index in [4.69, 9.17) is 4.74 Å². The molecule has 0 saturated carbocycles. The third-order valence-corrected chi connectivity index (χ3v) is 4.49. The molecular formula is C14H13F3N4O2S. The molecule has 0 saturated heterocycles. The second kappa shape index (κ2) is 5.93. The zero-order chi connectivity index (χ0) is 17.5. The number of amides is 1. The number of hydrogen-bond acceptors (Lipinski definition) is 6. The summed E-state index contributed by atoms with van der Waals surface area (Å²) in [5.41, 5.74) is 0.869. The molecule has 0 radical (unpaired) electrons. The molecule has 0 N–H and O–H groups in total. The molecule has 6 nitrogen and oxygen atoms in total. The number of alkyl halides is 3. The first-order valence-corrected chi connectivity index (χ1v) is 7.79. The summed E-state index contributed by atoms with van der Waals surface area (Å²) in [5, 5.41) is 0. The van der Waals surface area contributed by atoms with Crippen LogP contribution in [0.1, 0.15) is 15.4 Å². The predicted molar refractivity (Wildman–Crippen MR) is 82.9 cm³/mol. The van der Waals surface area contributed by atoms with Gasteiger partial charge in [0.2, 0.25) is 5.88 Å². The Hall–Kier alpha value is -2.36. The van der Waals surface area contributed by atoms with Crippen LogP contribution < -0.4 is 14.5 Å². The maximum absolute atomic E-state index is 13.0. The lowest BCUT2D eigenvalue weighted by Crippen LogP contribution is -2.43. The van der Waals surface area contributed by atoms with Crippen molar-refractivity contribution in [3.63, 3.8) is 0 Å². The molecule has 0 spiro atoms. The van der Waals surface area contributed by atoms with E-state index in [2.05, 4.69) is 9.97 Å². The number of aromatic nitrogens is 2. The highest BCUT2D eigenvalue weighted by atomic mass is 32.1. The van der Waals surface area contributed by atoms with E-state index in [1.54, 1.807) is 19.2 Å². The molecule has 2 aromatic rings. The summed E-state index contributed by atoms with van der Waals surface area (Å²) in [7, 11) is 3.25. The third kappa shape index (κ3) is 2.77. The van der Waals surface area contributed by atoms with E-state index in [0.29, 0.717) is 35.3 Å². The minimum atomic E-state index is -4.61. The number of anilines is 2. The van der Waals surface area contributed by atoms with Crippen LogP contribution >= 0.6 is 11.3 Å². The minimum absolute atomic E-state index is 0.241. The van der Waals surface area contributed by atoms with Gasteiger partial charge in [-0.3, -0.25) is 4.79 Å². The number of thiazole rings is 1. The fraction of sp³-hybridized carbons (Fsp3) is 0.357. The summed E-state index contributed by atoms with van der Waals surface area (Å²) >= 11 is 0.407. The number of pyridine rings is 1. The molecule has 1 aliphatic heterocycles. The number of fused-ring (bicyclic) bond motifs is 1. The molecule has 1 amide bonds. The van der Waals surface area contributed by atoms with Crippen LogP contribution in [0, 0.1) is 0 Å². The molecule has 0 unspecified atom stereocenters. The highest BCUT2D eigenvalue weighted by Gasteiger charge is 2.40. The Bertz CT molecular complexity index is 778. The maximum Gasteiger partial charge on any atom is 0.427 e. The number of carbonyl (C=O) groups excluding carboxylic acids is 1. The van der Waals surface area contributed by atoms with Gasteiger partial charge in [0.05, 0.1) is 18.3 Å². The van der Waals surface area contributed by atoms with Crippen molar-refractivity contribution < 1.29 is 22.7 Å². The molecule has 0 bridgehead atoms. The van der Waals surface area contributed by atoms with Gasteiger partial charge in [0.15, 0.2) is 11.5 Å². The third-order valence-electron chi connectivity index (χ3n) is 3.62. The Balaban J connectivity index is 2.02. The van der Waals surface area contributed by atoms with Crippen LogP contribution in [0.15, 0.2) is 17.6 Å². The van der Waals surface area contributed by atoms with Crippen LogP contribution in [0.25, 0.3) is 0 Å². The number of methoxy groups -OCH3 is 1.